The van der Waals surface area contributed by atoms with Gasteiger partial charge in [-0.05, 0) is 43.7 Å². The van der Waals surface area contributed by atoms with Gasteiger partial charge >= 0.3 is 0 Å². The van der Waals surface area contributed by atoms with Crippen LogP contribution < -0.4 is 10.1 Å². The standard InChI is InChI=1S/C16H18FNO2/c1-3-20-15-6-4-5-12(16(15)19)10-18-13-7-8-14(17)11(2)9-13/h4-9,18-19H,3,10H2,1-2H3. The van der Waals surface area contributed by atoms with Crippen LogP contribution in [0, 0.1) is 12.7 Å². The summed E-state index contributed by atoms with van der Waals surface area (Å²) >= 11 is 0. The molecule has 0 amide bonds. The van der Waals surface area contributed by atoms with E-state index in [4.69, 9.17) is 4.74 Å². The molecule has 2 aromatic rings. The number of rotatable bonds is 5. The van der Waals surface area contributed by atoms with E-state index in [1.165, 1.54) is 6.07 Å². The first-order chi connectivity index (χ1) is 9.61. The van der Waals surface area contributed by atoms with Crippen molar-refractivity contribution in [2.75, 3.05) is 11.9 Å². The Morgan fingerprint density at radius 1 is 1.25 bits per heavy atom. The Labute approximate surface area is 118 Å². The summed E-state index contributed by atoms with van der Waals surface area (Å²) in [7, 11) is 0. The topological polar surface area (TPSA) is 41.5 Å². The maximum atomic E-state index is 13.2. The van der Waals surface area contributed by atoms with Crippen molar-refractivity contribution in [2.45, 2.75) is 20.4 Å². The highest BCUT2D eigenvalue weighted by atomic mass is 19.1. The summed E-state index contributed by atoms with van der Waals surface area (Å²) in [5.74, 6) is 0.388. The number of anilines is 1. The van der Waals surface area contributed by atoms with Crippen molar-refractivity contribution in [2.24, 2.45) is 0 Å². The molecule has 0 saturated heterocycles. The van der Waals surface area contributed by atoms with Gasteiger partial charge in [-0.15, -0.1) is 0 Å². The first-order valence-corrected chi connectivity index (χ1v) is 6.55. The number of hydrogen-bond donors (Lipinski definition) is 2. The Morgan fingerprint density at radius 3 is 2.75 bits per heavy atom. The third-order valence-corrected chi connectivity index (χ3v) is 3.02. The van der Waals surface area contributed by atoms with E-state index in [-0.39, 0.29) is 11.6 Å². The zero-order valence-corrected chi connectivity index (χ0v) is 11.6. The van der Waals surface area contributed by atoms with E-state index in [1.54, 1.807) is 25.1 Å². The molecule has 0 aromatic heterocycles. The van der Waals surface area contributed by atoms with Gasteiger partial charge in [0.05, 0.1) is 6.61 Å². The van der Waals surface area contributed by atoms with Gasteiger partial charge in [0.2, 0.25) is 0 Å². The van der Waals surface area contributed by atoms with Crippen LogP contribution in [-0.2, 0) is 6.54 Å². The van der Waals surface area contributed by atoms with Gasteiger partial charge in [-0.3, -0.25) is 0 Å². The largest absolute Gasteiger partial charge is 0.504 e. The van der Waals surface area contributed by atoms with Crippen LogP contribution in [0.5, 0.6) is 11.5 Å². The summed E-state index contributed by atoms with van der Waals surface area (Å²) in [6.07, 6.45) is 0. The average molecular weight is 275 g/mol. The Kier molecular flexibility index (Phi) is 4.45. The van der Waals surface area contributed by atoms with Crippen LogP contribution in [0.15, 0.2) is 36.4 Å². The quantitative estimate of drug-likeness (QED) is 0.871. The van der Waals surface area contributed by atoms with E-state index < -0.39 is 0 Å². The number of phenolic OH excluding ortho intramolecular Hbond substituents is 1. The van der Waals surface area contributed by atoms with Crippen molar-refractivity contribution in [3.63, 3.8) is 0 Å². The minimum atomic E-state index is -0.225. The lowest BCUT2D eigenvalue weighted by Crippen LogP contribution is -2.01. The highest BCUT2D eigenvalue weighted by Gasteiger charge is 2.07. The minimum Gasteiger partial charge on any atom is -0.504 e. The molecule has 0 bridgehead atoms. The number of phenols is 1. The molecule has 106 valence electrons. The van der Waals surface area contributed by atoms with Crippen LogP contribution in [0.25, 0.3) is 0 Å². The van der Waals surface area contributed by atoms with Gasteiger partial charge in [-0.1, -0.05) is 12.1 Å². The number of hydrogen-bond acceptors (Lipinski definition) is 3. The number of aryl methyl sites for hydroxylation is 1. The lowest BCUT2D eigenvalue weighted by molar-refractivity contribution is 0.317. The molecule has 0 radical (unpaired) electrons. The van der Waals surface area contributed by atoms with Crippen molar-refractivity contribution >= 4 is 5.69 Å². The number of halogens is 1. The summed E-state index contributed by atoms with van der Waals surface area (Å²) in [4.78, 5) is 0. The number of nitrogens with one attached hydrogen (secondary N) is 1. The van der Waals surface area contributed by atoms with Crippen molar-refractivity contribution in [1.29, 1.82) is 0 Å². The average Bonchev–Trinajstić information content (AvgIpc) is 2.44. The molecule has 0 saturated carbocycles. The van der Waals surface area contributed by atoms with Crippen LogP contribution in [0.2, 0.25) is 0 Å². The van der Waals surface area contributed by atoms with Gasteiger partial charge in [-0.25, -0.2) is 4.39 Å². The molecule has 0 spiro atoms. The van der Waals surface area contributed by atoms with Gasteiger partial charge in [0.25, 0.3) is 0 Å². The fourth-order valence-electron chi connectivity index (χ4n) is 1.93. The fraction of sp³-hybridized carbons (Fsp3) is 0.250. The van der Waals surface area contributed by atoms with Crippen LogP contribution in [0.4, 0.5) is 10.1 Å². The molecule has 20 heavy (non-hydrogen) atoms. The van der Waals surface area contributed by atoms with Gasteiger partial charge in [0.1, 0.15) is 5.82 Å². The third-order valence-electron chi connectivity index (χ3n) is 3.02. The van der Waals surface area contributed by atoms with E-state index >= 15 is 0 Å². The summed E-state index contributed by atoms with van der Waals surface area (Å²) in [5, 5.41) is 13.2. The lowest BCUT2D eigenvalue weighted by atomic mass is 10.1. The van der Waals surface area contributed by atoms with Gasteiger partial charge in [0, 0.05) is 17.8 Å². The Hall–Kier alpha value is -2.23. The SMILES string of the molecule is CCOc1cccc(CNc2ccc(F)c(C)c2)c1O. The monoisotopic (exact) mass is 275 g/mol. The molecule has 2 aromatic carbocycles. The normalized spacial score (nSPS) is 10.3. The lowest BCUT2D eigenvalue weighted by Gasteiger charge is -2.12. The fourth-order valence-corrected chi connectivity index (χ4v) is 1.93. The number of para-hydroxylation sites is 1. The highest BCUT2D eigenvalue weighted by Crippen LogP contribution is 2.30. The molecule has 0 aliphatic heterocycles. The molecule has 0 unspecified atom stereocenters. The maximum absolute atomic E-state index is 13.2. The Balaban J connectivity index is 2.10. The van der Waals surface area contributed by atoms with E-state index in [0.29, 0.717) is 24.5 Å². The zero-order chi connectivity index (χ0) is 14.5. The zero-order valence-electron chi connectivity index (χ0n) is 11.6. The molecule has 0 fully saturated rings. The second-order valence-electron chi connectivity index (χ2n) is 4.51. The van der Waals surface area contributed by atoms with Gasteiger partial charge in [0.15, 0.2) is 11.5 Å². The predicted molar refractivity (Wildman–Crippen MR) is 77.7 cm³/mol. The predicted octanol–water partition coefficient (Wildman–Crippen LogP) is 3.85. The number of aromatic hydroxyl groups is 1. The van der Waals surface area contributed by atoms with E-state index in [0.717, 1.165) is 11.3 Å². The van der Waals surface area contributed by atoms with Crippen LogP contribution in [0.1, 0.15) is 18.1 Å². The van der Waals surface area contributed by atoms with Crippen molar-refractivity contribution < 1.29 is 14.2 Å². The Morgan fingerprint density at radius 2 is 2.05 bits per heavy atom. The summed E-state index contributed by atoms with van der Waals surface area (Å²) in [5.41, 5.74) is 2.13. The number of benzene rings is 2. The van der Waals surface area contributed by atoms with E-state index in [2.05, 4.69) is 5.32 Å². The first kappa shape index (κ1) is 14.2. The van der Waals surface area contributed by atoms with Crippen molar-refractivity contribution in [1.82, 2.24) is 0 Å². The van der Waals surface area contributed by atoms with E-state index in [1.807, 2.05) is 19.1 Å². The first-order valence-electron chi connectivity index (χ1n) is 6.55. The van der Waals surface area contributed by atoms with Crippen LogP contribution in [0.3, 0.4) is 0 Å². The molecular formula is C16H18FNO2. The minimum absolute atomic E-state index is 0.140. The molecule has 0 aliphatic rings. The molecular weight excluding hydrogens is 257 g/mol. The second kappa shape index (κ2) is 6.28. The highest BCUT2D eigenvalue weighted by molar-refractivity contribution is 5.50. The molecule has 0 atom stereocenters. The number of ether oxygens (including phenoxy) is 1. The molecule has 4 heteroatoms. The molecule has 0 heterocycles. The van der Waals surface area contributed by atoms with Crippen molar-refractivity contribution in [3.8, 4) is 11.5 Å². The van der Waals surface area contributed by atoms with E-state index in [9.17, 15) is 9.50 Å². The molecule has 2 rings (SSSR count). The van der Waals surface area contributed by atoms with Crippen LogP contribution in [-0.4, -0.2) is 11.7 Å². The summed E-state index contributed by atoms with van der Waals surface area (Å²) < 4.78 is 18.5. The summed E-state index contributed by atoms with van der Waals surface area (Å²) in [6.45, 7) is 4.53. The second-order valence-corrected chi connectivity index (χ2v) is 4.51. The summed E-state index contributed by atoms with van der Waals surface area (Å²) in [6, 6.07) is 10.2. The van der Waals surface area contributed by atoms with Gasteiger partial charge in [-0.2, -0.15) is 0 Å². The molecule has 3 nitrogen and oxygen atoms in total. The molecule has 0 aliphatic carbocycles. The maximum Gasteiger partial charge on any atom is 0.162 e. The third kappa shape index (κ3) is 3.20. The van der Waals surface area contributed by atoms with Crippen molar-refractivity contribution in [3.05, 3.63) is 53.3 Å². The van der Waals surface area contributed by atoms with Crippen LogP contribution >= 0.6 is 0 Å². The molecule has 2 N–H and O–H groups in total. The smallest absolute Gasteiger partial charge is 0.162 e. The van der Waals surface area contributed by atoms with Gasteiger partial charge < -0.3 is 15.2 Å². The Bertz CT molecular complexity index is 599.